The van der Waals surface area contributed by atoms with Crippen LogP contribution in [0.2, 0.25) is 5.02 Å². The number of rotatable bonds is 4. The van der Waals surface area contributed by atoms with E-state index in [1.54, 1.807) is 6.07 Å². The first-order valence-corrected chi connectivity index (χ1v) is 11.0. The molecule has 0 aliphatic heterocycles. The third kappa shape index (κ3) is 4.76. The third-order valence-corrected chi connectivity index (χ3v) is 7.02. The Balaban J connectivity index is 1.87. The van der Waals surface area contributed by atoms with Gasteiger partial charge in [0.2, 0.25) is 5.91 Å². The molecule has 1 heterocycles. The fourth-order valence-corrected chi connectivity index (χ4v) is 5.26. The number of hydrogen-bond donors (Lipinski definition) is 1. The van der Waals surface area contributed by atoms with Gasteiger partial charge in [0, 0.05) is 16.5 Å². The molecular formula is C23H25ClFNO3S. The maximum absolute atomic E-state index is 13.9. The summed E-state index contributed by atoms with van der Waals surface area (Å²) in [5.41, 5.74) is 1.69. The van der Waals surface area contributed by atoms with Crippen LogP contribution in [0.15, 0.2) is 24.3 Å². The summed E-state index contributed by atoms with van der Waals surface area (Å²) in [6.07, 6.45) is 5.16. The summed E-state index contributed by atoms with van der Waals surface area (Å²) in [5.74, 6) is -0.939. The molecule has 1 unspecified atom stereocenters. The Hall–Kier alpha value is -2.18. The zero-order valence-corrected chi connectivity index (χ0v) is 19.0. The monoisotopic (exact) mass is 449 g/mol. The molecule has 0 bridgehead atoms. The van der Waals surface area contributed by atoms with Crippen molar-refractivity contribution in [3.8, 4) is 0 Å². The minimum atomic E-state index is -0.512. The van der Waals surface area contributed by atoms with Crippen molar-refractivity contribution in [2.45, 2.75) is 40.0 Å². The summed E-state index contributed by atoms with van der Waals surface area (Å²) >= 11 is 7.41. The Bertz CT molecular complexity index is 986. The molecule has 1 aromatic heterocycles. The van der Waals surface area contributed by atoms with Gasteiger partial charge in [-0.15, -0.1) is 11.3 Å². The average molecular weight is 450 g/mol. The van der Waals surface area contributed by atoms with Gasteiger partial charge in [0.05, 0.1) is 17.7 Å². The molecule has 1 atom stereocenters. The van der Waals surface area contributed by atoms with Crippen LogP contribution in [0.4, 0.5) is 9.39 Å². The van der Waals surface area contributed by atoms with Crippen LogP contribution in [0.1, 0.15) is 53.6 Å². The summed E-state index contributed by atoms with van der Waals surface area (Å²) in [7, 11) is 1.33. The van der Waals surface area contributed by atoms with Gasteiger partial charge in [-0.1, -0.05) is 38.4 Å². The summed E-state index contributed by atoms with van der Waals surface area (Å²) in [6, 6.07) is 4.33. The van der Waals surface area contributed by atoms with E-state index in [2.05, 4.69) is 26.1 Å². The van der Waals surface area contributed by atoms with Crippen molar-refractivity contribution in [1.82, 2.24) is 0 Å². The SMILES string of the molecule is COC(=O)c1c(NC(=O)/C=C/c2c(F)cccc2Cl)sc2c1CCC(C(C)(C)C)C2. The second kappa shape index (κ2) is 8.90. The normalized spacial score (nSPS) is 16.4. The average Bonchev–Trinajstić information content (AvgIpc) is 3.03. The number of ether oxygens (including phenoxy) is 1. The summed E-state index contributed by atoms with van der Waals surface area (Å²) in [5, 5.41) is 3.46. The lowest BCUT2D eigenvalue weighted by atomic mass is 9.72. The highest BCUT2D eigenvalue weighted by atomic mass is 35.5. The lowest BCUT2D eigenvalue weighted by Crippen LogP contribution is -2.26. The largest absolute Gasteiger partial charge is 0.465 e. The molecule has 1 amide bonds. The van der Waals surface area contributed by atoms with E-state index in [9.17, 15) is 14.0 Å². The van der Waals surface area contributed by atoms with Crippen molar-refractivity contribution in [3.05, 3.63) is 56.7 Å². The van der Waals surface area contributed by atoms with Gasteiger partial charge in [-0.05, 0) is 54.4 Å². The van der Waals surface area contributed by atoms with E-state index in [0.717, 1.165) is 29.7 Å². The first-order valence-electron chi connectivity index (χ1n) is 9.77. The van der Waals surface area contributed by atoms with E-state index in [-0.39, 0.29) is 16.0 Å². The summed E-state index contributed by atoms with van der Waals surface area (Å²) in [4.78, 5) is 26.1. The first-order chi connectivity index (χ1) is 14.1. The quantitative estimate of drug-likeness (QED) is 0.451. The number of anilines is 1. The zero-order chi connectivity index (χ0) is 22.1. The van der Waals surface area contributed by atoms with Crippen molar-refractivity contribution >= 4 is 45.9 Å². The standard InChI is InChI=1S/C23H25ClFNO3S/c1-23(2,3)13-8-9-15-18(12-13)30-21(20(15)22(28)29-4)26-19(27)11-10-14-16(24)6-5-7-17(14)25/h5-7,10-11,13H,8-9,12H2,1-4H3,(H,26,27)/b11-10+. The number of esters is 1. The van der Waals surface area contributed by atoms with Crippen molar-refractivity contribution in [1.29, 1.82) is 0 Å². The maximum atomic E-state index is 13.9. The number of carbonyl (C=O) groups is 2. The lowest BCUT2D eigenvalue weighted by Gasteiger charge is -2.33. The van der Waals surface area contributed by atoms with E-state index in [1.165, 1.54) is 42.7 Å². The van der Waals surface area contributed by atoms with Gasteiger partial charge in [0.15, 0.2) is 0 Å². The molecular weight excluding hydrogens is 425 g/mol. The van der Waals surface area contributed by atoms with Crippen LogP contribution in [0.3, 0.4) is 0 Å². The number of nitrogens with one attached hydrogen (secondary N) is 1. The second-order valence-corrected chi connectivity index (χ2v) is 9.98. The Morgan fingerprint density at radius 1 is 1.33 bits per heavy atom. The molecule has 4 nitrogen and oxygen atoms in total. The van der Waals surface area contributed by atoms with E-state index < -0.39 is 17.7 Å². The van der Waals surface area contributed by atoms with Crippen molar-refractivity contribution in [2.24, 2.45) is 11.3 Å². The lowest BCUT2D eigenvalue weighted by molar-refractivity contribution is -0.111. The van der Waals surface area contributed by atoms with Crippen LogP contribution in [-0.2, 0) is 22.4 Å². The number of thiophene rings is 1. The molecule has 0 spiro atoms. The molecule has 7 heteroatoms. The Labute approximate surface area is 185 Å². The van der Waals surface area contributed by atoms with Crippen molar-refractivity contribution in [2.75, 3.05) is 12.4 Å². The number of amides is 1. The van der Waals surface area contributed by atoms with E-state index in [4.69, 9.17) is 16.3 Å². The summed E-state index contributed by atoms with van der Waals surface area (Å²) < 4.78 is 18.9. The third-order valence-electron chi connectivity index (χ3n) is 5.52. The number of hydrogen-bond acceptors (Lipinski definition) is 4. The van der Waals surface area contributed by atoms with Crippen LogP contribution >= 0.6 is 22.9 Å². The van der Waals surface area contributed by atoms with Gasteiger partial charge < -0.3 is 10.1 Å². The van der Waals surface area contributed by atoms with Gasteiger partial charge >= 0.3 is 5.97 Å². The minimum Gasteiger partial charge on any atom is -0.465 e. The van der Waals surface area contributed by atoms with Crippen LogP contribution in [0.25, 0.3) is 6.08 Å². The van der Waals surface area contributed by atoms with Crippen LogP contribution < -0.4 is 5.32 Å². The smallest absolute Gasteiger partial charge is 0.341 e. The van der Waals surface area contributed by atoms with Gasteiger partial charge in [0.25, 0.3) is 0 Å². The van der Waals surface area contributed by atoms with Crippen LogP contribution in [-0.4, -0.2) is 19.0 Å². The highest BCUT2D eigenvalue weighted by Gasteiger charge is 2.34. The van der Waals surface area contributed by atoms with Gasteiger partial charge in [-0.2, -0.15) is 0 Å². The molecule has 1 N–H and O–H groups in total. The minimum absolute atomic E-state index is 0.140. The molecule has 3 rings (SSSR count). The molecule has 160 valence electrons. The predicted molar refractivity (Wildman–Crippen MR) is 120 cm³/mol. The molecule has 0 fully saturated rings. The van der Waals surface area contributed by atoms with E-state index >= 15 is 0 Å². The molecule has 1 aromatic carbocycles. The molecule has 1 aliphatic carbocycles. The van der Waals surface area contributed by atoms with Crippen LogP contribution in [0, 0.1) is 17.2 Å². The maximum Gasteiger partial charge on any atom is 0.341 e. The Kier molecular flexibility index (Phi) is 6.68. The number of carbonyl (C=O) groups excluding carboxylic acids is 2. The highest BCUT2D eigenvalue weighted by molar-refractivity contribution is 7.17. The van der Waals surface area contributed by atoms with E-state index in [1.807, 2.05) is 0 Å². The Morgan fingerprint density at radius 2 is 2.07 bits per heavy atom. The molecule has 2 aromatic rings. The zero-order valence-electron chi connectivity index (χ0n) is 17.5. The van der Waals surface area contributed by atoms with Gasteiger partial charge in [-0.3, -0.25) is 4.79 Å². The summed E-state index contributed by atoms with van der Waals surface area (Å²) in [6.45, 7) is 6.66. The van der Waals surface area contributed by atoms with Crippen molar-refractivity contribution < 1.29 is 18.7 Å². The van der Waals surface area contributed by atoms with Crippen molar-refractivity contribution in [3.63, 3.8) is 0 Å². The van der Waals surface area contributed by atoms with E-state index in [0.29, 0.717) is 16.5 Å². The predicted octanol–water partition coefficient (Wildman–Crippen LogP) is 6.13. The molecule has 0 saturated carbocycles. The van der Waals surface area contributed by atoms with Gasteiger partial charge in [-0.25, -0.2) is 9.18 Å². The second-order valence-electron chi connectivity index (χ2n) is 8.46. The Morgan fingerprint density at radius 3 is 2.70 bits per heavy atom. The molecule has 30 heavy (non-hydrogen) atoms. The topological polar surface area (TPSA) is 55.4 Å². The fraction of sp³-hybridized carbons (Fsp3) is 0.391. The van der Waals surface area contributed by atoms with Crippen LogP contribution in [0.5, 0.6) is 0 Å². The molecule has 0 radical (unpaired) electrons. The number of methoxy groups -OCH3 is 1. The first kappa shape index (κ1) is 22.5. The number of halogens is 2. The van der Waals surface area contributed by atoms with Gasteiger partial charge in [0.1, 0.15) is 10.8 Å². The fourth-order valence-electron chi connectivity index (χ4n) is 3.71. The molecule has 1 aliphatic rings. The highest BCUT2D eigenvalue weighted by Crippen LogP contribution is 2.44. The number of benzene rings is 1. The molecule has 0 saturated heterocycles. The number of fused-ring (bicyclic) bond motifs is 1.